The largest absolute Gasteiger partial charge is 0.465 e. The van der Waals surface area contributed by atoms with Gasteiger partial charge in [-0.05, 0) is 31.9 Å². The molecule has 1 aliphatic carbocycles. The van der Waals surface area contributed by atoms with E-state index in [1.54, 1.807) is 23.5 Å². The van der Waals surface area contributed by atoms with Crippen LogP contribution in [0.25, 0.3) is 10.6 Å². The molecule has 0 fully saturated rings. The highest BCUT2D eigenvalue weighted by Gasteiger charge is 2.33. The summed E-state index contributed by atoms with van der Waals surface area (Å²) in [5, 5.41) is 1.90. The van der Waals surface area contributed by atoms with Crippen molar-refractivity contribution in [2.24, 2.45) is 0 Å². The molecular formula is C15H13Cl2NO2S. The van der Waals surface area contributed by atoms with Crippen LogP contribution in [0, 0.1) is 0 Å². The van der Waals surface area contributed by atoms with Crippen LogP contribution in [0.2, 0.25) is 10.0 Å². The van der Waals surface area contributed by atoms with Crippen LogP contribution in [-0.4, -0.2) is 17.6 Å². The molecule has 3 nitrogen and oxygen atoms in total. The summed E-state index contributed by atoms with van der Waals surface area (Å²) in [5.41, 5.74) is 1.78. The Morgan fingerprint density at radius 2 is 2.24 bits per heavy atom. The number of aryl methyl sites for hydroxylation is 1. The fourth-order valence-corrected chi connectivity index (χ4v) is 3.88. The minimum atomic E-state index is -0.229. The summed E-state index contributed by atoms with van der Waals surface area (Å²) in [7, 11) is 0. The molecule has 1 atom stereocenters. The number of halogens is 2. The molecule has 1 unspecified atom stereocenters. The zero-order valence-electron chi connectivity index (χ0n) is 11.4. The summed E-state index contributed by atoms with van der Waals surface area (Å²) < 4.78 is 5.12. The first-order chi connectivity index (χ1) is 10.1. The van der Waals surface area contributed by atoms with E-state index in [1.165, 1.54) is 0 Å². The monoisotopic (exact) mass is 341 g/mol. The summed E-state index contributed by atoms with van der Waals surface area (Å²) >= 11 is 13.6. The van der Waals surface area contributed by atoms with Crippen molar-refractivity contribution in [2.45, 2.75) is 25.7 Å². The molecule has 0 aliphatic heterocycles. The van der Waals surface area contributed by atoms with Gasteiger partial charge < -0.3 is 4.74 Å². The molecule has 2 aromatic rings. The standard InChI is InChI=1S/C15H13Cl2NO2S/c1-2-20-15(19)9-4-6-12-13(9)18-14(21-12)8-3-5-10(16)11(17)7-8/h3,5,7,9H,2,4,6H2,1H3. The number of carbonyl (C=O) groups is 1. The van der Waals surface area contributed by atoms with Crippen molar-refractivity contribution in [2.75, 3.05) is 6.61 Å². The molecule has 0 saturated heterocycles. The molecule has 21 heavy (non-hydrogen) atoms. The molecule has 1 aromatic heterocycles. The fraction of sp³-hybridized carbons (Fsp3) is 0.333. The average molecular weight is 342 g/mol. The maximum absolute atomic E-state index is 12.0. The number of rotatable bonds is 3. The summed E-state index contributed by atoms with van der Waals surface area (Å²) in [6, 6.07) is 5.45. The third-order valence-electron chi connectivity index (χ3n) is 3.46. The molecular weight excluding hydrogens is 329 g/mol. The van der Waals surface area contributed by atoms with Gasteiger partial charge in [0.1, 0.15) is 10.9 Å². The quantitative estimate of drug-likeness (QED) is 0.759. The van der Waals surface area contributed by atoms with Crippen LogP contribution >= 0.6 is 34.5 Å². The number of fused-ring (bicyclic) bond motifs is 1. The number of esters is 1. The van der Waals surface area contributed by atoms with Crippen molar-refractivity contribution in [1.82, 2.24) is 4.98 Å². The number of aromatic nitrogens is 1. The molecule has 1 aromatic carbocycles. The molecule has 0 bridgehead atoms. The van der Waals surface area contributed by atoms with Gasteiger partial charge in [0, 0.05) is 10.4 Å². The Hall–Kier alpha value is -1.10. The van der Waals surface area contributed by atoms with Crippen molar-refractivity contribution in [3.63, 3.8) is 0 Å². The number of thiazole rings is 1. The SMILES string of the molecule is CCOC(=O)C1CCc2sc(-c3ccc(Cl)c(Cl)c3)nc21. The number of benzene rings is 1. The first-order valence-corrected chi connectivity index (χ1v) is 8.29. The van der Waals surface area contributed by atoms with Crippen molar-refractivity contribution in [3.05, 3.63) is 38.8 Å². The Balaban J connectivity index is 1.92. The van der Waals surface area contributed by atoms with E-state index in [1.807, 2.05) is 13.0 Å². The van der Waals surface area contributed by atoms with Gasteiger partial charge in [-0.15, -0.1) is 11.3 Å². The van der Waals surface area contributed by atoms with Gasteiger partial charge in [-0.25, -0.2) is 4.98 Å². The second-order valence-corrected chi connectivity index (χ2v) is 6.70. The lowest BCUT2D eigenvalue weighted by atomic mass is 10.1. The van der Waals surface area contributed by atoms with Gasteiger partial charge in [0.25, 0.3) is 0 Å². The molecule has 1 heterocycles. The van der Waals surface area contributed by atoms with E-state index in [9.17, 15) is 4.79 Å². The van der Waals surface area contributed by atoms with E-state index in [0.29, 0.717) is 16.7 Å². The predicted molar refractivity (Wildman–Crippen MR) is 85.3 cm³/mol. The first-order valence-electron chi connectivity index (χ1n) is 6.71. The van der Waals surface area contributed by atoms with Crippen LogP contribution in [0.15, 0.2) is 18.2 Å². The maximum Gasteiger partial charge on any atom is 0.315 e. The summed E-state index contributed by atoms with van der Waals surface area (Å²) in [6.45, 7) is 2.21. The number of carbonyl (C=O) groups excluding carboxylic acids is 1. The van der Waals surface area contributed by atoms with Gasteiger partial charge in [0.2, 0.25) is 0 Å². The minimum Gasteiger partial charge on any atom is -0.465 e. The second kappa shape index (κ2) is 5.95. The van der Waals surface area contributed by atoms with Gasteiger partial charge >= 0.3 is 5.97 Å². The van der Waals surface area contributed by atoms with Crippen LogP contribution in [-0.2, 0) is 16.0 Å². The summed E-state index contributed by atoms with van der Waals surface area (Å²) in [4.78, 5) is 17.8. The third-order valence-corrected chi connectivity index (χ3v) is 5.37. The van der Waals surface area contributed by atoms with Gasteiger partial charge in [-0.2, -0.15) is 0 Å². The summed E-state index contributed by atoms with van der Waals surface area (Å²) in [5.74, 6) is -0.407. The highest BCUT2D eigenvalue weighted by atomic mass is 35.5. The normalized spacial score (nSPS) is 16.8. The third kappa shape index (κ3) is 2.80. The number of ether oxygens (including phenoxy) is 1. The van der Waals surface area contributed by atoms with Crippen molar-refractivity contribution < 1.29 is 9.53 Å². The van der Waals surface area contributed by atoms with Crippen LogP contribution in [0.3, 0.4) is 0 Å². The molecule has 0 amide bonds. The Morgan fingerprint density at radius 3 is 2.95 bits per heavy atom. The van der Waals surface area contributed by atoms with E-state index in [-0.39, 0.29) is 11.9 Å². The van der Waals surface area contributed by atoms with E-state index < -0.39 is 0 Å². The van der Waals surface area contributed by atoms with Gasteiger partial charge in [0.15, 0.2) is 0 Å². The molecule has 0 N–H and O–H groups in total. The van der Waals surface area contributed by atoms with Crippen molar-refractivity contribution in [1.29, 1.82) is 0 Å². The Bertz CT molecular complexity index is 699. The zero-order chi connectivity index (χ0) is 15.0. The van der Waals surface area contributed by atoms with Crippen LogP contribution in [0.5, 0.6) is 0 Å². The highest BCUT2D eigenvalue weighted by molar-refractivity contribution is 7.15. The van der Waals surface area contributed by atoms with E-state index >= 15 is 0 Å². The molecule has 110 valence electrons. The van der Waals surface area contributed by atoms with E-state index in [2.05, 4.69) is 4.98 Å². The number of nitrogens with zero attached hydrogens (tertiary/aromatic N) is 1. The zero-order valence-corrected chi connectivity index (χ0v) is 13.7. The molecule has 6 heteroatoms. The topological polar surface area (TPSA) is 39.2 Å². The smallest absolute Gasteiger partial charge is 0.315 e. The molecule has 0 spiro atoms. The molecule has 1 aliphatic rings. The van der Waals surface area contributed by atoms with Crippen molar-refractivity contribution >= 4 is 40.5 Å². The number of hydrogen-bond acceptors (Lipinski definition) is 4. The van der Waals surface area contributed by atoms with Gasteiger partial charge in [-0.1, -0.05) is 29.3 Å². The maximum atomic E-state index is 12.0. The Labute approximate surface area is 136 Å². The predicted octanol–water partition coefficient (Wildman–Crippen LogP) is 4.71. The minimum absolute atomic E-state index is 0.178. The van der Waals surface area contributed by atoms with Gasteiger partial charge in [0.05, 0.1) is 22.3 Å². The first kappa shape index (κ1) is 14.8. The molecule has 0 saturated carbocycles. The summed E-state index contributed by atoms with van der Waals surface area (Å²) in [6.07, 6.45) is 1.66. The lowest BCUT2D eigenvalue weighted by molar-refractivity contribution is -0.145. The molecule has 0 radical (unpaired) electrons. The fourth-order valence-electron chi connectivity index (χ4n) is 2.45. The van der Waals surface area contributed by atoms with Crippen LogP contribution in [0.1, 0.15) is 29.8 Å². The highest BCUT2D eigenvalue weighted by Crippen LogP contribution is 2.41. The van der Waals surface area contributed by atoms with E-state index in [4.69, 9.17) is 27.9 Å². The Kier molecular flexibility index (Phi) is 4.20. The van der Waals surface area contributed by atoms with Crippen LogP contribution in [0.4, 0.5) is 0 Å². The lowest BCUT2D eigenvalue weighted by Gasteiger charge is -2.07. The average Bonchev–Trinajstić information content (AvgIpc) is 3.01. The Morgan fingerprint density at radius 1 is 1.43 bits per heavy atom. The number of hydrogen-bond donors (Lipinski definition) is 0. The van der Waals surface area contributed by atoms with Crippen molar-refractivity contribution in [3.8, 4) is 10.6 Å². The van der Waals surface area contributed by atoms with Gasteiger partial charge in [-0.3, -0.25) is 4.79 Å². The van der Waals surface area contributed by atoms with Crippen LogP contribution < -0.4 is 0 Å². The second-order valence-electron chi connectivity index (χ2n) is 4.80. The van der Waals surface area contributed by atoms with E-state index in [0.717, 1.165) is 34.0 Å². The molecule has 3 rings (SSSR count). The lowest BCUT2D eigenvalue weighted by Crippen LogP contribution is -2.14.